The number of piperidine rings is 1. The minimum Gasteiger partial charge on any atom is -0.355 e. The van der Waals surface area contributed by atoms with Gasteiger partial charge in [-0.25, -0.2) is 0 Å². The number of amides is 2. The van der Waals surface area contributed by atoms with Crippen LogP contribution in [0.25, 0.3) is 0 Å². The molecule has 1 aromatic heterocycles. The van der Waals surface area contributed by atoms with E-state index >= 15 is 0 Å². The van der Waals surface area contributed by atoms with Crippen LogP contribution in [0.1, 0.15) is 43.2 Å². The van der Waals surface area contributed by atoms with Crippen LogP contribution in [0.3, 0.4) is 0 Å². The SMILES string of the molecule is CCNC(=O)CN(CC)C(=O)c1ccn(C2CCCNC2)n1.Cl. The summed E-state index contributed by atoms with van der Waals surface area (Å²) in [5.74, 6) is -0.343. The highest BCUT2D eigenvalue weighted by molar-refractivity contribution is 5.94. The van der Waals surface area contributed by atoms with Crippen LogP contribution in [0.15, 0.2) is 12.3 Å². The number of carbonyl (C=O) groups is 2. The van der Waals surface area contributed by atoms with Gasteiger partial charge >= 0.3 is 0 Å². The predicted octanol–water partition coefficient (Wildman–Crippen LogP) is 0.828. The number of nitrogens with zero attached hydrogens (tertiary/aromatic N) is 3. The maximum atomic E-state index is 12.5. The number of hydrogen-bond acceptors (Lipinski definition) is 4. The third kappa shape index (κ3) is 5.21. The lowest BCUT2D eigenvalue weighted by Gasteiger charge is -2.23. The first-order valence-electron chi connectivity index (χ1n) is 7.97. The molecule has 23 heavy (non-hydrogen) atoms. The van der Waals surface area contributed by atoms with Gasteiger partial charge < -0.3 is 15.5 Å². The molecule has 2 rings (SSSR count). The zero-order valence-corrected chi connectivity index (χ0v) is 14.6. The second-order valence-electron chi connectivity index (χ2n) is 5.45. The van der Waals surface area contributed by atoms with Crippen molar-refractivity contribution in [1.82, 2.24) is 25.3 Å². The molecule has 1 aliphatic heterocycles. The topological polar surface area (TPSA) is 79.3 Å². The van der Waals surface area contributed by atoms with Gasteiger partial charge in [0.15, 0.2) is 0 Å². The molecule has 1 saturated heterocycles. The molecular weight excluding hydrogens is 318 g/mol. The molecule has 0 bridgehead atoms. The van der Waals surface area contributed by atoms with Gasteiger partial charge in [0.1, 0.15) is 5.69 Å². The van der Waals surface area contributed by atoms with Crippen LogP contribution >= 0.6 is 12.4 Å². The number of halogens is 1. The van der Waals surface area contributed by atoms with E-state index in [1.54, 1.807) is 6.07 Å². The van der Waals surface area contributed by atoms with Crippen molar-refractivity contribution in [1.29, 1.82) is 0 Å². The Hall–Kier alpha value is -1.60. The third-order valence-corrected chi connectivity index (χ3v) is 3.85. The Morgan fingerprint density at radius 2 is 2.26 bits per heavy atom. The molecule has 7 nitrogen and oxygen atoms in total. The van der Waals surface area contributed by atoms with Crippen molar-refractivity contribution < 1.29 is 9.59 Å². The van der Waals surface area contributed by atoms with Gasteiger partial charge in [0.2, 0.25) is 5.91 Å². The molecule has 1 unspecified atom stereocenters. The molecule has 2 heterocycles. The van der Waals surface area contributed by atoms with Gasteiger partial charge in [-0.1, -0.05) is 0 Å². The van der Waals surface area contributed by atoms with E-state index in [9.17, 15) is 9.59 Å². The first kappa shape index (κ1) is 19.4. The number of carbonyl (C=O) groups excluding carboxylic acids is 2. The van der Waals surface area contributed by atoms with Gasteiger partial charge in [0, 0.05) is 25.8 Å². The number of nitrogens with one attached hydrogen (secondary N) is 2. The van der Waals surface area contributed by atoms with E-state index in [1.807, 2.05) is 24.7 Å². The van der Waals surface area contributed by atoms with Crippen molar-refractivity contribution in [3.8, 4) is 0 Å². The van der Waals surface area contributed by atoms with E-state index in [4.69, 9.17) is 0 Å². The normalized spacial score (nSPS) is 17.2. The lowest BCUT2D eigenvalue weighted by Crippen LogP contribution is -2.40. The summed E-state index contributed by atoms with van der Waals surface area (Å²) >= 11 is 0. The summed E-state index contributed by atoms with van der Waals surface area (Å²) in [6, 6.07) is 2.03. The highest BCUT2D eigenvalue weighted by Gasteiger charge is 2.21. The molecule has 0 radical (unpaired) electrons. The molecule has 0 aliphatic carbocycles. The largest absolute Gasteiger partial charge is 0.355 e. The Morgan fingerprint density at radius 1 is 1.48 bits per heavy atom. The molecule has 8 heteroatoms. The van der Waals surface area contributed by atoms with Crippen molar-refractivity contribution in [3.63, 3.8) is 0 Å². The van der Waals surface area contributed by atoms with Crippen molar-refractivity contribution in [3.05, 3.63) is 18.0 Å². The summed E-state index contributed by atoms with van der Waals surface area (Å²) in [6.45, 7) is 6.75. The predicted molar refractivity (Wildman–Crippen MR) is 90.9 cm³/mol. The quantitative estimate of drug-likeness (QED) is 0.801. The molecule has 0 saturated carbocycles. The summed E-state index contributed by atoms with van der Waals surface area (Å²) in [5, 5.41) is 10.5. The Morgan fingerprint density at radius 3 is 2.87 bits per heavy atom. The van der Waals surface area contributed by atoms with Gasteiger partial charge in [-0.2, -0.15) is 5.10 Å². The fourth-order valence-corrected chi connectivity index (χ4v) is 2.63. The first-order valence-corrected chi connectivity index (χ1v) is 7.97. The molecule has 2 N–H and O–H groups in total. The van der Waals surface area contributed by atoms with Crippen molar-refractivity contribution in [2.45, 2.75) is 32.7 Å². The van der Waals surface area contributed by atoms with Crippen LogP contribution in [0.4, 0.5) is 0 Å². The van der Waals surface area contributed by atoms with Crippen LogP contribution in [0.5, 0.6) is 0 Å². The minimum absolute atomic E-state index is 0. The van der Waals surface area contributed by atoms with E-state index in [-0.39, 0.29) is 30.8 Å². The Labute approximate surface area is 143 Å². The first-order chi connectivity index (χ1) is 10.7. The molecule has 1 fully saturated rings. The summed E-state index contributed by atoms with van der Waals surface area (Å²) < 4.78 is 1.86. The maximum absolute atomic E-state index is 12.5. The van der Waals surface area contributed by atoms with E-state index in [1.165, 1.54) is 4.90 Å². The van der Waals surface area contributed by atoms with E-state index in [0.29, 0.717) is 24.8 Å². The van der Waals surface area contributed by atoms with Crippen molar-refractivity contribution in [2.24, 2.45) is 0 Å². The van der Waals surface area contributed by atoms with Gasteiger partial charge in [0.25, 0.3) is 5.91 Å². The summed E-state index contributed by atoms with van der Waals surface area (Å²) in [4.78, 5) is 25.6. The van der Waals surface area contributed by atoms with Crippen molar-refractivity contribution >= 4 is 24.2 Å². The Balaban J connectivity index is 0.00000264. The van der Waals surface area contributed by atoms with Crippen LogP contribution in [-0.4, -0.2) is 59.2 Å². The highest BCUT2D eigenvalue weighted by atomic mass is 35.5. The van der Waals surface area contributed by atoms with Crippen molar-refractivity contribution in [2.75, 3.05) is 32.7 Å². The Bertz CT molecular complexity index is 514. The molecule has 130 valence electrons. The molecule has 1 atom stereocenters. The van der Waals surface area contributed by atoms with Crippen LogP contribution in [0.2, 0.25) is 0 Å². The van der Waals surface area contributed by atoms with Crippen LogP contribution in [0, 0.1) is 0 Å². The second kappa shape index (κ2) is 9.52. The van der Waals surface area contributed by atoms with Crippen LogP contribution in [-0.2, 0) is 4.79 Å². The smallest absolute Gasteiger partial charge is 0.274 e. The summed E-state index contributed by atoms with van der Waals surface area (Å²) in [7, 11) is 0. The molecule has 1 aromatic rings. The minimum atomic E-state index is -0.198. The molecule has 2 amide bonds. The Kier molecular flexibility index (Phi) is 8.05. The number of aromatic nitrogens is 2. The zero-order chi connectivity index (χ0) is 15.9. The average Bonchev–Trinajstić information content (AvgIpc) is 3.03. The molecule has 0 aromatic carbocycles. The highest BCUT2D eigenvalue weighted by Crippen LogP contribution is 2.16. The van der Waals surface area contributed by atoms with Gasteiger partial charge in [-0.05, 0) is 39.3 Å². The second-order valence-corrected chi connectivity index (χ2v) is 5.45. The standard InChI is InChI=1S/C15H25N5O2.ClH/c1-3-17-14(21)11-19(4-2)15(22)13-7-9-20(18-13)12-6-5-8-16-10-12;/h7,9,12,16H,3-6,8,10-11H2,1-2H3,(H,17,21);1H. The van der Waals surface area contributed by atoms with E-state index in [0.717, 1.165) is 25.9 Å². The van der Waals surface area contributed by atoms with Crippen LogP contribution < -0.4 is 10.6 Å². The number of hydrogen-bond donors (Lipinski definition) is 2. The third-order valence-electron chi connectivity index (χ3n) is 3.85. The molecule has 1 aliphatic rings. The van der Waals surface area contributed by atoms with E-state index in [2.05, 4.69) is 15.7 Å². The number of likely N-dealkylation sites (N-methyl/N-ethyl adjacent to an activating group) is 2. The summed E-state index contributed by atoms with van der Waals surface area (Å²) in [5.41, 5.74) is 0.400. The lowest BCUT2D eigenvalue weighted by molar-refractivity contribution is -0.121. The van der Waals surface area contributed by atoms with Gasteiger partial charge in [0.05, 0.1) is 12.6 Å². The average molecular weight is 344 g/mol. The molecular formula is C15H26ClN5O2. The van der Waals surface area contributed by atoms with E-state index < -0.39 is 0 Å². The monoisotopic (exact) mass is 343 g/mol. The fraction of sp³-hybridized carbons (Fsp3) is 0.667. The summed E-state index contributed by atoms with van der Waals surface area (Å²) in [6.07, 6.45) is 4.04. The fourth-order valence-electron chi connectivity index (χ4n) is 2.63. The maximum Gasteiger partial charge on any atom is 0.274 e. The molecule has 0 spiro atoms. The van der Waals surface area contributed by atoms with Gasteiger partial charge in [-0.3, -0.25) is 14.3 Å². The zero-order valence-electron chi connectivity index (χ0n) is 13.7. The number of rotatable bonds is 6. The lowest BCUT2D eigenvalue weighted by atomic mass is 10.1. The van der Waals surface area contributed by atoms with Gasteiger partial charge in [-0.15, -0.1) is 12.4 Å².